The number of aromatic nitrogens is 3. The first-order valence-electron chi connectivity index (χ1n) is 11.8. The minimum atomic E-state index is 0.576. The SMILES string of the molecule is CN1CCN(C)CC1.Cc1ccc(C#N)cc1C#Cc1cnc2ccc(-c3ccc(C=O)cc3)nn12. The molecule has 1 saturated heterocycles. The Labute approximate surface area is 211 Å². The number of nitriles is 1. The molecule has 0 N–H and O–H groups in total. The molecule has 0 spiro atoms. The summed E-state index contributed by atoms with van der Waals surface area (Å²) in [5.74, 6) is 6.22. The highest BCUT2D eigenvalue weighted by molar-refractivity contribution is 5.76. The zero-order valence-electron chi connectivity index (χ0n) is 20.8. The van der Waals surface area contributed by atoms with E-state index in [4.69, 9.17) is 5.26 Å². The molecular weight excluding hydrogens is 448 g/mol. The van der Waals surface area contributed by atoms with Gasteiger partial charge in [0.25, 0.3) is 0 Å². The number of likely N-dealkylation sites (N-methyl/N-ethyl adjacent to an activating group) is 2. The Morgan fingerprint density at radius 3 is 2.25 bits per heavy atom. The number of hydrogen-bond donors (Lipinski definition) is 0. The van der Waals surface area contributed by atoms with E-state index in [9.17, 15) is 4.79 Å². The van der Waals surface area contributed by atoms with Gasteiger partial charge in [-0.3, -0.25) is 4.79 Å². The largest absolute Gasteiger partial charge is 0.304 e. The van der Waals surface area contributed by atoms with Crippen LogP contribution in [0, 0.1) is 30.1 Å². The standard InChI is InChI=1S/C23H14N4O.C6H14N2/c1-16-2-3-18(13-24)12-20(16)8-9-21-14-25-23-11-10-22(26-27(21)23)19-6-4-17(15-28)5-7-19;1-7-3-5-8(2)6-4-7/h2-7,10-12,14-15H,1H3;3-6H2,1-2H3. The van der Waals surface area contributed by atoms with E-state index in [2.05, 4.69) is 51.9 Å². The molecule has 36 heavy (non-hydrogen) atoms. The number of aryl methyl sites for hydroxylation is 1. The molecule has 0 radical (unpaired) electrons. The molecule has 0 unspecified atom stereocenters. The van der Waals surface area contributed by atoms with Crippen LogP contribution in [0.1, 0.15) is 32.7 Å². The molecule has 5 rings (SSSR count). The molecule has 7 heteroatoms. The highest BCUT2D eigenvalue weighted by atomic mass is 16.1. The van der Waals surface area contributed by atoms with Crippen LogP contribution in [0.4, 0.5) is 0 Å². The van der Waals surface area contributed by atoms with Gasteiger partial charge in [-0.05, 0) is 56.8 Å². The molecule has 0 aliphatic carbocycles. The third kappa shape index (κ3) is 6.03. The van der Waals surface area contributed by atoms with Gasteiger partial charge in [0.2, 0.25) is 0 Å². The van der Waals surface area contributed by atoms with E-state index in [1.807, 2.05) is 37.3 Å². The van der Waals surface area contributed by atoms with Crippen LogP contribution in [-0.4, -0.2) is 71.0 Å². The Morgan fingerprint density at radius 2 is 1.61 bits per heavy atom. The van der Waals surface area contributed by atoms with E-state index in [0.29, 0.717) is 22.5 Å². The van der Waals surface area contributed by atoms with Crippen LogP contribution in [0.5, 0.6) is 0 Å². The molecule has 0 atom stereocenters. The molecule has 3 heterocycles. The van der Waals surface area contributed by atoms with Crippen molar-refractivity contribution in [3.8, 4) is 29.2 Å². The van der Waals surface area contributed by atoms with Crippen LogP contribution < -0.4 is 0 Å². The van der Waals surface area contributed by atoms with Gasteiger partial charge in [0.05, 0.1) is 23.5 Å². The molecular formula is C29H28N6O. The summed E-state index contributed by atoms with van der Waals surface area (Å²) >= 11 is 0. The Bertz CT molecular complexity index is 1450. The normalized spacial score (nSPS) is 13.7. The number of fused-ring (bicyclic) bond motifs is 1. The van der Waals surface area contributed by atoms with Crippen molar-refractivity contribution in [3.63, 3.8) is 0 Å². The molecule has 2 aromatic heterocycles. The summed E-state index contributed by atoms with van der Waals surface area (Å²) in [5, 5.41) is 13.7. The minimum absolute atomic E-state index is 0.576. The van der Waals surface area contributed by atoms with Crippen molar-refractivity contribution in [1.82, 2.24) is 24.4 Å². The van der Waals surface area contributed by atoms with Crippen molar-refractivity contribution in [1.29, 1.82) is 5.26 Å². The number of benzene rings is 2. The third-order valence-electron chi connectivity index (χ3n) is 6.12. The molecule has 4 aromatic rings. The average Bonchev–Trinajstić information content (AvgIpc) is 3.32. The molecule has 180 valence electrons. The minimum Gasteiger partial charge on any atom is -0.304 e. The number of rotatable bonds is 2. The number of carbonyl (C=O) groups excluding carboxylic acids is 1. The zero-order valence-corrected chi connectivity index (χ0v) is 20.8. The lowest BCUT2D eigenvalue weighted by Gasteiger charge is -2.28. The van der Waals surface area contributed by atoms with Crippen molar-refractivity contribution in [3.05, 3.63) is 88.7 Å². The second-order valence-corrected chi connectivity index (χ2v) is 8.87. The molecule has 0 amide bonds. The molecule has 1 fully saturated rings. The van der Waals surface area contributed by atoms with Crippen LogP contribution >= 0.6 is 0 Å². The first kappa shape index (κ1) is 24.8. The van der Waals surface area contributed by atoms with Crippen LogP contribution in [0.2, 0.25) is 0 Å². The predicted molar refractivity (Wildman–Crippen MR) is 141 cm³/mol. The lowest BCUT2D eigenvalue weighted by Crippen LogP contribution is -2.42. The van der Waals surface area contributed by atoms with E-state index in [1.54, 1.807) is 35.0 Å². The second-order valence-electron chi connectivity index (χ2n) is 8.87. The van der Waals surface area contributed by atoms with Gasteiger partial charge in [-0.2, -0.15) is 10.4 Å². The highest BCUT2D eigenvalue weighted by Crippen LogP contribution is 2.18. The second kappa shape index (κ2) is 11.4. The number of nitrogens with zero attached hydrogens (tertiary/aromatic N) is 6. The van der Waals surface area contributed by atoms with E-state index in [1.165, 1.54) is 26.2 Å². The summed E-state index contributed by atoms with van der Waals surface area (Å²) in [6.07, 6.45) is 2.49. The maximum absolute atomic E-state index is 10.8. The zero-order chi connectivity index (χ0) is 25.5. The molecule has 2 aromatic carbocycles. The quantitative estimate of drug-likeness (QED) is 0.325. The van der Waals surface area contributed by atoms with Crippen molar-refractivity contribution in [2.45, 2.75) is 6.92 Å². The number of hydrogen-bond acceptors (Lipinski definition) is 6. The first-order valence-corrected chi connectivity index (χ1v) is 11.8. The van der Waals surface area contributed by atoms with Crippen LogP contribution in [0.15, 0.2) is 60.8 Å². The van der Waals surface area contributed by atoms with Crippen LogP contribution in [0.3, 0.4) is 0 Å². The summed E-state index contributed by atoms with van der Waals surface area (Å²) in [6, 6.07) is 18.6. The number of imidazole rings is 1. The lowest BCUT2D eigenvalue weighted by atomic mass is 10.1. The monoisotopic (exact) mass is 476 g/mol. The van der Waals surface area contributed by atoms with E-state index < -0.39 is 0 Å². The molecule has 0 bridgehead atoms. The topological polar surface area (TPSA) is 77.5 Å². The Balaban J connectivity index is 0.000000325. The Kier molecular flexibility index (Phi) is 7.87. The Morgan fingerprint density at radius 1 is 0.917 bits per heavy atom. The van der Waals surface area contributed by atoms with Crippen molar-refractivity contribution in [2.75, 3.05) is 40.3 Å². The van der Waals surface area contributed by atoms with Gasteiger partial charge in [-0.15, -0.1) is 0 Å². The van der Waals surface area contributed by atoms with Gasteiger partial charge in [0.1, 0.15) is 12.0 Å². The summed E-state index contributed by atoms with van der Waals surface area (Å²) in [5.41, 5.74) is 6.01. The summed E-state index contributed by atoms with van der Waals surface area (Å²) in [7, 11) is 4.35. The lowest BCUT2D eigenvalue weighted by molar-refractivity contribution is 0.112. The van der Waals surface area contributed by atoms with Crippen LogP contribution in [0.25, 0.3) is 16.9 Å². The van der Waals surface area contributed by atoms with Gasteiger partial charge < -0.3 is 9.80 Å². The number of piperazine rings is 1. The molecule has 7 nitrogen and oxygen atoms in total. The smallest absolute Gasteiger partial charge is 0.154 e. The van der Waals surface area contributed by atoms with E-state index in [0.717, 1.165) is 28.7 Å². The van der Waals surface area contributed by atoms with Gasteiger partial charge in [-0.1, -0.05) is 36.3 Å². The average molecular weight is 477 g/mol. The number of aldehydes is 1. The maximum Gasteiger partial charge on any atom is 0.154 e. The van der Waals surface area contributed by atoms with Crippen molar-refractivity contribution < 1.29 is 4.79 Å². The fourth-order valence-corrected chi connectivity index (χ4v) is 3.71. The summed E-state index contributed by atoms with van der Waals surface area (Å²) < 4.78 is 1.69. The molecule has 1 aliphatic heterocycles. The third-order valence-corrected chi connectivity index (χ3v) is 6.12. The maximum atomic E-state index is 10.8. The fraction of sp³-hybridized carbons (Fsp3) is 0.241. The first-order chi connectivity index (χ1) is 17.5. The van der Waals surface area contributed by atoms with Gasteiger partial charge in [0, 0.05) is 42.9 Å². The van der Waals surface area contributed by atoms with Crippen LogP contribution in [-0.2, 0) is 0 Å². The van der Waals surface area contributed by atoms with E-state index in [-0.39, 0.29) is 0 Å². The predicted octanol–water partition coefficient (Wildman–Crippen LogP) is 3.65. The summed E-state index contributed by atoms with van der Waals surface area (Å²) in [4.78, 5) is 19.9. The molecule has 1 aliphatic rings. The summed E-state index contributed by atoms with van der Waals surface area (Å²) in [6.45, 7) is 6.89. The van der Waals surface area contributed by atoms with E-state index >= 15 is 0 Å². The van der Waals surface area contributed by atoms with Crippen molar-refractivity contribution in [2.24, 2.45) is 0 Å². The van der Waals surface area contributed by atoms with Gasteiger partial charge >= 0.3 is 0 Å². The Hall–Kier alpha value is -4.30. The van der Waals surface area contributed by atoms with Gasteiger partial charge in [0.15, 0.2) is 5.65 Å². The highest BCUT2D eigenvalue weighted by Gasteiger charge is 2.08. The fourth-order valence-electron chi connectivity index (χ4n) is 3.71. The molecule has 0 saturated carbocycles. The number of carbonyl (C=O) groups is 1. The van der Waals surface area contributed by atoms with Gasteiger partial charge in [-0.25, -0.2) is 9.50 Å². The van der Waals surface area contributed by atoms with Crippen molar-refractivity contribution >= 4 is 11.9 Å².